The average molecular weight is 488 g/mol. The van der Waals surface area contributed by atoms with Crippen molar-refractivity contribution in [3.05, 3.63) is 65.6 Å². The van der Waals surface area contributed by atoms with Gasteiger partial charge in [0.25, 0.3) is 0 Å². The van der Waals surface area contributed by atoms with Crippen molar-refractivity contribution in [2.75, 3.05) is 31.1 Å². The van der Waals surface area contributed by atoms with Crippen LogP contribution in [-0.4, -0.2) is 54.0 Å². The maximum Gasteiger partial charge on any atom is 0.178 e. The first-order valence-corrected chi connectivity index (χ1v) is 14.0. The molecule has 0 aliphatic carbocycles. The van der Waals surface area contributed by atoms with E-state index in [0.29, 0.717) is 4.90 Å². The van der Waals surface area contributed by atoms with Crippen LogP contribution in [0.25, 0.3) is 11.3 Å². The second-order valence-corrected chi connectivity index (χ2v) is 11.7. The summed E-state index contributed by atoms with van der Waals surface area (Å²) in [7, 11) is -1.17. The van der Waals surface area contributed by atoms with E-state index in [-0.39, 0.29) is 11.6 Å². The molecule has 0 spiro atoms. The molecule has 1 aliphatic rings. The Hall–Kier alpha value is -2.16. The summed E-state index contributed by atoms with van der Waals surface area (Å²) in [6.45, 7) is 4.64. The third kappa shape index (κ3) is 5.67. The summed E-state index contributed by atoms with van der Waals surface area (Å²) in [4.78, 5) is 7.46. The van der Waals surface area contributed by atoms with Crippen LogP contribution in [0.15, 0.2) is 58.7 Å². The van der Waals surface area contributed by atoms with Gasteiger partial charge in [-0.1, -0.05) is 24.8 Å². The van der Waals surface area contributed by atoms with Gasteiger partial charge < -0.3 is 9.47 Å². The monoisotopic (exact) mass is 487 g/mol. The van der Waals surface area contributed by atoms with E-state index in [4.69, 9.17) is 0 Å². The summed E-state index contributed by atoms with van der Waals surface area (Å²) in [6, 6.07) is 12.1. The third-order valence-corrected chi connectivity index (χ3v) is 9.11. The lowest BCUT2D eigenvalue weighted by Crippen LogP contribution is -2.27. The third-order valence-electron chi connectivity index (χ3n) is 6.25. The Bertz CT molecular complexity index is 1210. The Kier molecular flexibility index (Phi) is 7.56. The summed E-state index contributed by atoms with van der Waals surface area (Å²) in [5.74, 6) is 0.867. The largest absolute Gasteiger partial charge is 0.322 e. The van der Waals surface area contributed by atoms with Crippen LogP contribution in [0.5, 0.6) is 0 Å². The highest BCUT2D eigenvalue weighted by molar-refractivity contribution is 7.99. The normalized spacial score (nSPS) is 14.8. The van der Waals surface area contributed by atoms with Crippen molar-refractivity contribution in [3.63, 3.8) is 0 Å². The fourth-order valence-electron chi connectivity index (χ4n) is 4.20. The van der Waals surface area contributed by atoms with Crippen molar-refractivity contribution >= 4 is 21.6 Å². The molecule has 176 valence electrons. The minimum atomic E-state index is -3.16. The smallest absolute Gasteiger partial charge is 0.178 e. The molecule has 4 rings (SSSR count). The molecule has 0 radical (unpaired) electrons. The maximum absolute atomic E-state index is 13.2. The Morgan fingerprint density at radius 1 is 1.06 bits per heavy atom. The molecule has 0 N–H and O–H groups in total. The van der Waals surface area contributed by atoms with E-state index in [9.17, 15) is 12.8 Å². The van der Waals surface area contributed by atoms with E-state index in [0.717, 1.165) is 61.1 Å². The molecule has 3 aromatic rings. The number of sulfone groups is 1. The van der Waals surface area contributed by atoms with Crippen molar-refractivity contribution in [2.45, 2.75) is 36.2 Å². The van der Waals surface area contributed by atoms with Gasteiger partial charge in [-0.2, -0.15) is 0 Å². The van der Waals surface area contributed by atoms with Crippen LogP contribution in [0.4, 0.5) is 4.39 Å². The molecule has 33 heavy (non-hydrogen) atoms. The maximum atomic E-state index is 13.2. The number of fused-ring (bicyclic) bond motifs is 1. The molecule has 0 amide bonds. The Balaban J connectivity index is 1.28. The van der Waals surface area contributed by atoms with Gasteiger partial charge in [-0.25, -0.2) is 17.8 Å². The van der Waals surface area contributed by atoms with E-state index in [1.807, 2.05) is 25.4 Å². The van der Waals surface area contributed by atoms with Crippen molar-refractivity contribution in [2.24, 2.45) is 7.05 Å². The summed E-state index contributed by atoms with van der Waals surface area (Å²) < 4.78 is 39.7. The van der Waals surface area contributed by atoms with E-state index < -0.39 is 9.84 Å². The van der Waals surface area contributed by atoms with E-state index in [1.54, 1.807) is 36.9 Å². The number of hydrogen-bond donors (Lipinski definition) is 0. The SMILES string of the molecule is CCS(=O)(=O)c1ccc2c(c1)CCN(CCCSc1ncc(-c3ccc(F)cc3)n1C)CC2. The molecule has 2 heterocycles. The first kappa shape index (κ1) is 24.0. The van der Waals surface area contributed by atoms with Crippen LogP contribution in [0.1, 0.15) is 24.5 Å². The highest BCUT2D eigenvalue weighted by Gasteiger charge is 2.18. The molecule has 0 bridgehead atoms. The number of hydrogen-bond acceptors (Lipinski definition) is 5. The van der Waals surface area contributed by atoms with Crippen LogP contribution in [-0.2, 0) is 29.7 Å². The molecular formula is C25H30FN3O2S2. The van der Waals surface area contributed by atoms with Gasteiger partial charge in [0.05, 0.1) is 22.5 Å². The highest BCUT2D eigenvalue weighted by atomic mass is 32.2. The fourth-order valence-corrected chi connectivity index (χ4v) is 6.00. The van der Waals surface area contributed by atoms with Gasteiger partial charge in [-0.15, -0.1) is 0 Å². The summed E-state index contributed by atoms with van der Waals surface area (Å²) in [5.41, 5.74) is 4.37. The van der Waals surface area contributed by atoms with Gasteiger partial charge >= 0.3 is 0 Å². The first-order valence-electron chi connectivity index (χ1n) is 11.3. The molecule has 0 unspecified atom stereocenters. The fraction of sp³-hybridized carbons (Fsp3) is 0.400. The lowest BCUT2D eigenvalue weighted by atomic mass is 10.0. The summed E-state index contributed by atoms with van der Waals surface area (Å²) in [6.07, 6.45) is 4.73. The summed E-state index contributed by atoms with van der Waals surface area (Å²) >= 11 is 1.74. The first-order chi connectivity index (χ1) is 15.9. The zero-order chi connectivity index (χ0) is 23.4. The molecule has 8 heteroatoms. The second-order valence-electron chi connectivity index (χ2n) is 8.37. The minimum absolute atomic E-state index is 0.136. The Morgan fingerprint density at radius 3 is 2.52 bits per heavy atom. The zero-order valence-electron chi connectivity index (χ0n) is 19.1. The van der Waals surface area contributed by atoms with Crippen molar-refractivity contribution < 1.29 is 12.8 Å². The van der Waals surface area contributed by atoms with Gasteiger partial charge in [-0.3, -0.25) is 0 Å². The van der Waals surface area contributed by atoms with Gasteiger partial charge in [0, 0.05) is 25.9 Å². The molecular weight excluding hydrogens is 457 g/mol. The van der Waals surface area contributed by atoms with Crippen LogP contribution in [0.3, 0.4) is 0 Å². The lowest BCUT2D eigenvalue weighted by Gasteiger charge is -2.19. The summed E-state index contributed by atoms with van der Waals surface area (Å²) in [5, 5.41) is 0.960. The van der Waals surface area contributed by atoms with E-state index in [1.165, 1.54) is 23.3 Å². The molecule has 0 atom stereocenters. The van der Waals surface area contributed by atoms with E-state index in [2.05, 4.69) is 14.5 Å². The lowest BCUT2D eigenvalue weighted by molar-refractivity contribution is 0.289. The van der Waals surface area contributed by atoms with Gasteiger partial charge in [0.15, 0.2) is 15.0 Å². The number of benzene rings is 2. The van der Waals surface area contributed by atoms with Crippen molar-refractivity contribution in [1.29, 1.82) is 0 Å². The zero-order valence-corrected chi connectivity index (χ0v) is 20.8. The van der Waals surface area contributed by atoms with E-state index >= 15 is 0 Å². The topological polar surface area (TPSA) is 55.2 Å². The second kappa shape index (κ2) is 10.4. The molecule has 0 fully saturated rings. The molecule has 5 nitrogen and oxygen atoms in total. The Morgan fingerprint density at radius 2 is 1.79 bits per heavy atom. The number of thioether (sulfide) groups is 1. The van der Waals surface area contributed by atoms with Gasteiger partial charge in [0.1, 0.15) is 5.82 Å². The number of nitrogens with zero attached hydrogens (tertiary/aromatic N) is 3. The van der Waals surface area contributed by atoms with Crippen LogP contribution >= 0.6 is 11.8 Å². The van der Waals surface area contributed by atoms with Crippen LogP contribution < -0.4 is 0 Å². The van der Waals surface area contributed by atoms with Gasteiger partial charge in [-0.05, 0) is 78.9 Å². The Labute approximate surface area is 200 Å². The minimum Gasteiger partial charge on any atom is -0.322 e. The predicted octanol–water partition coefficient (Wildman–Crippen LogP) is 4.60. The van der Waals surface area contributed by atoms with Crippen molar-refractivity contribution in [1.82, 2.24) is 14.5 Å². The van der Waals surface area contributed by atoms with Crippen LogP contribution in [0, 0.1) is 5.82 Å². The molecule has 1 aliphatic heterocycles. The van der Waals surface area contributed by atoms with Crippen LogP contribution in [0.2, 0.25) is 0 Å². The molecule has 0 saturated heterocycles. The quantitative estimate of drug-likeness (QED) is 0.343. The standard InChI is InChI=1S/C25H30FN3O2S2/c1-3-33(30,31)23-10-7-19-11-14-29(15-12-21(19)17-23)13-4-16-32-25-27-18-24(28(25)2)20-5-8-22(26)9-6-20/h5-10,17-18H,3-4,11-16H2,1-2H3. The molecule has 2 aromatic carbocycles. The average Bonchev–Trinajstić information content (AvgIpc) is 3.05. The number of imidazole rings is 1. The number of halogens is 1. The van der Waals surface area contributed by atoms with Gasteiger partial charge in [0.2, 0.25) is 0 Å². The molecule has 1 aromatic heterocycles. The molecule has 0 saturated carbocycles. The number of aromatic nitrogens is 2. The number of rotatable bonds is 8. The highest BCUT2D eigenvalue weighted by Crippen LogP contribution is 2.26. The van der Waals surface area contributed by atoms with Crippen molar-refractivity contribution in [3.8, 4) is 11.3 Å². The predicted molar refractivity (Wildman–Crippen MR) is 132 cm³/mol.